The molecule has 4 N–H and O–H groups in total. The summed E-state index contributed by atoms with van der Waals surface area (Å²) in [7, 11) is -4.07. The molecule has 92 valence electrons. The number of hydrogen-bond donors (Lipinski definition) is 3. The third-order valence-corrected chi connectivity index (χ3v) is 3.05. The molecular formula is C8H20N2O4S. The molecule has 0 aliphatic rings. The van der Waals surface area contributed by atoms with Crippen molar-refractivity contribution < 1.29 is 18.6 Å². The summed E-state index contributed by atoms with van der Waals surface area (Å²) in [6.45, 7) is 3.60. The maximum absolute atomic E-state index is 11.1. The lowest BCUT2D eigenvalue weighted by molar-refractivity contribution is -0.0506. The van der Waals surface area contributed by atoms with E-state index >= 15 is 0 Å². The van der Waals surface area contributed by atoms with Gasteiger partial charge in [-0.1, -0.05) is 26.7 Å². The minimum absolute atomic E-state index is 0.247. The summed E-state index contributed by atoms with van der Waals surface area (Å²) in [6.07, 6.45) is -0.815. The normalized spacial score (nSPS) is 16.7. The molecule has 15 heavy (non-hydrogen) atoms. The molecule has 0 saturated heterocycles. The predicted molar refractivity (Wildman–Crippen MR) is 56.8 cm³/mol. The summed E-state index contributed by atoms with van der Waals surface area (Å²) in [5.74, 6) is 0. The van der Waals surface area contributed by atoms with E-state index in [-0.39, 0.29) is 12.8 Å². The number of hydrogen-bond acceptors (Lipinski definition) is 4. The molecule has 6 nitrogen and oxygen atoms in total. The van der Waals surface area contributed by atoms with Gasteiger partial charge in [-0.25, -0.2) is 5.14 Å². The SMILES string of the molecule is CCCC(O)N(C(O)CCC)S(N)(=O)=O. The first kappa shape index (κ1) is 14.8. The average Bonchev–Trinajstić information content (AvgIpc) is 2.01. The quantitative estimate of drug-likeness (QED) is 0.533. The van der Waals surface area contributed by atoms with Crippen molar-refractivity contribution in [2.75, 3.05) is 0 Å². The maximum atomic E-state index is 11.1. The smallest absolute Gasteiger partial charge is 0.281 e. The molecule has 0 aliphatic heterocycles. The molecule has 0 aromatic carbocycles. The summed E-state index contributed by atoms with van der Waals surface area (Å²) in [4.78, 5) is 0. The molecule has 0 rings (SSSR count). The van der Waals surface area contributed by atoms with Gasteiger partial charge >= 0.3 is 0 Å². The number of aliphatic hydroxyl groups excluding tert-OH is 2. The van der Waals surface area contributed by atoms with Crippen LogP contribution in [0.3, 0.4) is 0 Å². The molecule has 0 saturated carbocycles. The Hall–Kier alpha value is -0.210. The lowest BCUT2D eigenvalue weighted by atomic mass is 10.2. The van der Waals surface area contributed by atoms with Crippen LogP contribution in [0.2, 0.25) is 0 Å². The van der Waals surface area contributed by atoms with Gasteiger partial charge in [0.2, 0.25) is 0 Å². The Labute approximate surface area is 90.9 Å². The topological polar surface area (TPSA) is 104 Å². The van der Waals surface area contributed by atoms with Gasteiger partial charge in [-0.15, -0.1) is 4.31 Å². The third kappa shape index (κ3) is 4.89. The van der Waals surface area contributed by atoms with Crippen LogP contribution in [0.4, 0.5) is 0 Å². The lowest BCUT2D eigenvalue weighted by Gasteiger charge is -2.29. The Bertz CT molecular complexity index is 256. The fourth-order valence-corrected chi connectivity index (χ4v) is 2.20. The Morgan fingerprint density at radius 1 is 1.13 bits per heavy atom. The van der Waals surface area contributed by atoms with Crippen LogP contribution in [0, 0.1) is 0 Å². The van der Waals surface area contributed by atoms with Crippen molar-refractivity contribution in [2.24, 2.45) is 5.14 Å². The molecule has 0 spiro atoms. The van der Waals surface area contributed by atoms with Crippen LogP contribution < -0.4 is 5.14 Å². The fraction of sp³-hybridized carbons (Fsp3) is 1.00. The van der Waals surface area contributed by atoms with E-state index in [1.807, 2.05) is 0 Å². The standard InChI is InChI=1S/C8H20N2O4S/c1-3-5-7(11)10(15(9,13)14)8(12)6-4-2/h7-8,11-12H,3-6H2,1-2H3,(H2,9,13,14). The van der Waals surface area contributed by atoms with Crippen molar-refractivity contribution in [3.63, 3.8) is 0 Å². The highest BCUT2D eigenvalue weighted by Crippen LogP contribution is 2.14. The van der Waals surface area contributed by atoms with Crippen LogP contribution in [0.5, 0.6) is 0 Å². The first-order valence-corrected chi connectivity index (χ1v) is 6.52. The van der Waals surface area contributed by atoms with E-state index in [0.29, 0.717) is 17.1 Å². The van der Waals surface area contributed by atoms with Gasteiger partial charge in [-0.2, -0.15) is 8.42 Å². The summed E-state index contributed by atoms with van der Waals surface area (Å²) >= 11 is 0. The van der Waals surface area contributed by atoms with Gasteiger partial charge in [-0.05, 0) is 12.8 Å². The van der Waals surface area contributed by atoms with E-state index in [9.17, 15) is 18.6 Å². The van der Waals surface area contributed by atoms with Gasteiger partial charge in [0.25, 0.3) is 10.2 Å². The van der Waals surface area contributed by atoms with E-state index in [4.69, 9.17) is 5.14 Å². The third-order valence-electron chi connectivity index (χ3n) is 1.98. The second-order valence-corrected chi connectivity index (χ2v) is 4.87. The molecule has 0 aromatic rings. The molecule has 0 heterocycles. The van der Waals surface area contributed by atoms with Crippen LogP contribution in [-0.4, -0.2) is 35.4 Å². The summed E-state index contributed by atoms with van der Waals surface area (Å²) in [5.41, 5.74) is 0. The zero-order valence-electron chi connectivity index (χ0n) is 9.13. The first-order chi connectivity index (χ1) is 6.84. The molecule has 0 fully saturated rings. The Balaban J connectivity index is 4.73. The largest absolute Gasteiger partial charge is 0.377 e. The molecule has 0 aliphatic carbocycles. The second-order valence-electron chi connectivity index (χ2n) is 3.41. The highest BCUT2D eigenvalue weighted by atomic mass is 32.2. The first-order valence-electron chi connectivity index (χ1n) is 5.02. The van der Waals surface area contributed by atoms with Gasteiger partial charge < -0.3 is 10.2 Å². The van der Waals surface area contributed by atoms with E-state index in [0.717, 1.165) is 0 Å². The number of nitrogens with zero attached hydrogens (tertiary/aromatic N) is 1. The van der Waals surface area contributed by atoms with Crippen LogP contribution in [0.1, 0.15) is 39.5 Å². The minimum atomic E-state index is -4.07. The zero-order valence-corrected chi connectivity index (χ0v) is 9.94. The highest BCUT2D eigenvalue weighted by molar-refractivity contribution is 7.86. The predicted octanol–water partition coefficient (Wildman–Crippen LogP) is -0.271. The van der Waals surface area contributed by atoms with E-state index < -0.39 is 22.7 Å². The van der Waals surface area contributed by atoms with Crippen molar-refractivity contribution >= 4 is 10.2 Å². The molecule has 2 atom stereocenters. The van der Waals surface area contributed by atoms with Gasteiger partial charge in [-0.3, -0.25) is 0 Å². The molecule has 0 radical (unpaired) electrons. The van der Waals surface area contributed by atoms with E-state index in [1.54, 1.807) is 13.8 Å². The van der Waals surface area contributed by atoms with Crippen molar-refractivity contribution in [2.45, 2.75) is 52.0 Å². The number of nitrogens with two attached hydrogens (primary N) is 1. The zero-order chi connectivity index (χ0) is 12.1. The summed E-state index contributed by atoms with van der Waals surface area (Å²) < 4.78 is 22.9. The highest BCUT2D eigenvalue weighted by Gasteiger charge is 2.30. The molecular weight excluding hydrogens is 220 g/mol. The van der Waals surface area contributed by atoms with Gasteiger partial charge in [0, 0.05) is 0 Å². The van der Waals surface area contributed by atoms with Gasteiger partial charge in [0.05, 0.1) is 0 Å². The number of rotatable bonds is 7. The molecule has 0 amide bonds. The Morgan fingerprint density at radius 3 is 1.67 bits per heavy atom. The van der Waals surface area contributed by atoms with Crippen LogP contribution in [0.15, 0.2) is 0 Å². The second kappa shape index (κ2) is 6.39. The summed E-state index contributed by atoms with van der Waals surface area (Å²) in [5, 5.41) is 24.0. The molecule has 0 aromatic heterocycles. The van der Waals surface area contributed by atoms with Gasteiger partial charge in [0.15, 0.2) is 0 Å². The fourth-order valence-electron chi connectivity index (χ4n) is 1.31. The van der Waals surface area contributed by atoms with Crippen molar-refractivity contribution in [1.82, 2.24) is 4.31 Å². The average molecular weight is 240 g/mol. The minimum Gasteiger partial charge on any atom is -0.377 e. The van der Waals surface area contributed by atoms with E-state index in [1.165, 1.54) is 0 Å². The molecule has 2 unspecified atom stereocenters. The van der Waals surface area contributed by atoms with Crippen molar-refractivity contribution in [1.29, 1.82) is 0 Å². The van der Waals surface area contributed by atoms with Crippen LogP contribution in [0.25, 0.3) is 0 Å². The Morgan fingerprint density at radius 2 is 1.47 bits per heavy atom. The van der Waals surface area contributed by atoms with Gasteiger partial charge in [0.1, 0.15) is 12.5 Å². The lowest BCUT2D eigenvalue weighted by Crippen LogP contribution is -2.50. The number of aliphatic hydroxyl groups is 2. The monoisotopic (exact) mass is 240 g/mol. The Kier molecular flexibility index (Phi) is 6.30. The van der Waals surface area contributed by atoms with Crippen molar-refractivity contribution in [3.05, 3.63) is 0 Å². The van der Waals surface area contributed by atoms with Crippen LogP contribution >= 0.6 is 0 Å². The van der Waals surface area contributed by atoms with Crippen molar-refractivity contribution in [3.8, 4) is 0 Å². The van der Waals surface area contributed by atoms with E-state index in [2.05, 4.69) is 0 Å². The maximum Gasteiger partial charge on any atom is 0.281 e. The van der Waals surface area contributed by atoms with Crippen LogP contribution in [-0.2, 0) is 10.2 Å². The summed E-state index contributed by atoms with van der Waals surface area (Å²) in [6, 6.07) is 0. The molecule has 0 bridgehead atoms. The molecule has 7 heteroatoms.